The van der Waals surface area contributed by atoms with Gasteiger partial charge in [0.25, 0.3) is 0 Å². The summed E-state index contributed by atoms with van der Waals surface area (Å²) < 4.78 is 0. The van der Waals surface area contributed by atoms with Crippen LogP contribution in [0.25, 0.3) is 0 Å². The highest BCUT2D eigenvalue weighted by Crippen LogP contribution is 2.72. The topological polar surface area (TPSA) is 37.3 Å². The maximum atomic E-state index is 13.0. The summed E-state index contributed by atoms with van der Waals surface area (Å²) in [5.41, 5.74) is 2.49. The van der Waals surface area contributed by atoms with Crippen molar-refractivity contribution in [2.75, 3.05) is 0 Å². The molecule has 174 valence electrons. The molecule has 0 bridgehead atoms. The molecule has 0 heterocycles. The SMILES string of the molecule is CC(C)CCC(=O)[C@@H](C)[C@H]1CC[C@H]2[C@@H]3CC=C4C5(CC5)[C@@H](O)CC[C@]4(C)[C@H]3CC[C@]12C. The average Bonchev–Trinajstić information content (AvgIpc) is 3.44. The lowest BCUT2D eigenvalue weighted by molar-refractivity contribution is -0.127. The van der Waals surface area contributed by atoms with Crippen LogP contribution in [-0.4, -0.2) is 17.0 Å². The molecule has 0 unspecified atom stereocenters. The van der Waals surface area contributed by atoms with Gasteiger partial charge in [-0.05, 0) is 105 Å². The molecule has 0 amide bonds. The fraction of sp³-hybridized carbons (Fsp3) is 0.897. The minimum atomic E-state index is -0.0919. The number of fused-ring (bicyclic) bond motifs is 6. The average molecular weight is 427 g/mol. The highest BCUT2D eigenvalue weighted by Gasteiger charge is 2.65. The number of carbonyl (C=O) groups excluding carboxylic acids is 1. The van der Waals surface area contributed by atoms with Crippen LogP contribution in [0.15, 0.2) is 11.6 Å². The summed E-state index contributed by atoms with van der Waals surface area (Å²) >= 11 is 0. The highest BCUT2D eigenvalue weighted by atomic mass is 16.3. The first-order valence-electron chi connectivity index (χ1n) is 13.6. The summed E-state index contributed by atoms with van der Waals surface area (Å²) in [6, 6.07) is 0. The Morgan fingerprint density at radius 3 is 2.45 bits per heavy atom. The van der Waals surface area contributed by atoms with Gasteiger partial charge in [0.2, 0.25) is 0 Å². The minimum absolute atomic E-state index is 0.0919. The lowest BCUT2D eigenvalue weighted by Crippen LogP contribution is -2.53. The Bertz CT molecular complexity index is 761. The lowest BCUT2D eigenvalue weighted by Gasteiger charge is -2.60. The van der Waals surface area contributed by atoms with E-state index in [2.05, 4.69) is 40.7 Å². The Labute approximate surface area is 190 Å². The fourth-order valence-corrected chi connectivity index (χ4v) is 9.56. The predicted molar refractivity (Wildman–Crippen MR) is 126 cm³/mol. The largest absolute Gasteiger partial charge is 0.392 e. The molecule has 31 heavy (non-hydrogen) atoms. The zero-order valence-corrected chi connectivity index (χ0v) is 20.8. The first-order chi connectivity index (χ1) is 14.6. The number of allylic oxidation sites excluding steroid dienone is 1. The molecule has 0 aromatic carbocycles. The number of aliphatic hydroxyl groups excluding tert-OH is 1. The third-order valence-corrected chi connectivity index (χ3v) is 11.5. The highest BCUT2D eigenvalue weighted by molar-refractivity contribution is 5.81. The van der Waals surface area contributed by atoms with Crippen LogP contribution in [0, 0.1) is 51.8 Å². The van der Waals surface area contributed by atoms with E-state index in [4.69, 9.17) is 0 Å². The smallest absolute Gasteiger partial charge is 0.136 e. The van der Waals surface area contributed by atoms with Gasteiger partial charge >= 0.3 is 0 Å². The van der Waals surface area contributed by atoms with Gasteiger partial charge in [-0.1, -0.05) is 46.3 Å². The molecular formula is C29H46O2. The second-order valence-electron chi connectivity index (χ2n) is 13.3. The third-order valence-electron chi connectivity index (χ3n) is 11.5. The van der Waals surface area contributed by atoms with Crippen molar-refractivity contribution in [3.8, 4) is 0 Å². The zero-order valence-electron chi connectivity index (χ0n) is 20.8. The van der Waals surface area contributed by atoms with E-state index in [1.54, 1.807) is 5.57 Å². The summed E-state index contributed by atoms with van der Waals surface area (Å²) in [6.45, 7) is 11.8. The van der Waals surface area contributed by atoms with Crippen molar-refractivity contribution in [1.29, 1.82) is 0 Å². The van der Waals surface area contributed by atoms with Crippen LogP contribution in [0.4, 0.5) is 0 Å². The second-order valence-corrected chi connectivity index (χ2v) is 13.3. The van der Waals surface area contributed by atoms with Crippen LogP contribution >= 0.6 is 0 Å². The van der Waals surface area contributed by atoms with Gasteiger partial charge in [0.05, 0.1) is 6.10 Å². The molecule has 8 atom stereocenters. The minimum Gasteiger partial charge on any atom is -0.392 e. The Kier molecular flexibility index (Phi) is 5.32. The van der Waals surface area contributed by atoms with Crippen molar-refractivity contribution >= 4 is 5.78 Å². The molecule has 4 saturated carbocycles. The molecule has 2 heteroatoms. The molecule has 5 aliphatic rings. The molecule has 1 N–H and O–H groups in total. The standard InChI is InChI=1S/C29H46O2/c1-18(2)6-10-24(30)19(3)21-8-9-22-20-7-11-25-28(5,23(20)12-14-27(21,22)4)15-13-26(31)29(25)16-17-29/h11,18-23,26,31H,6-10,12-17H2,1-5H3/t19-,20-,21+,22-,23-,26-,27+,28+/m0/s1. The van der Waals surface area contributed by atoms with Gasteiger partial charge < -0.3 is 5.11 Å². The van der Waals surface area contributed by atoms with Crippen LogP contribution < -0.4 is 0 Å². The van der Waals surface area contributed by atoms with E-state index in [0.717, 1.165) is 37.0 Å². The number of rotatable bonds is 5. The molecule has 4 fully saturated rings. The van der Waals surface area contributed by atoms with Crippen molar-refractivity contribution in [2.24, 2.45) is 51.8 Å². The van der Waals surface area contributed by atoms with E-state index in [1.165, 1.54) is 51.4 Å². The van der Waals surface area contributed by atoms with Crippen molar-refractivity contribution in [2.45, 2.75) is 111 Å². The Morgan fingerprint density at radius 2 is 1.77 bits per heavy atom. The van der Waals surface area contributed by atoms with E-state index in [9.17, 15) is 9.90 Å². The molecule has 0 radical (unpaired) electrons. The van der Waals surface area contributed by atoms with E-state index in [1.807, 2.05) is 0 Å². The van der Waals surface area contributed by atoms with E-state index in [0.29, 0.717) is 28.4 Å². The number of hydrogen-bond donors (Lipinski definition) is 1. The summed E-state index contributed by atoms with van der Waals surface area (Å²) in [4.78, 5) is 13.0. The summed E-state index contributed by atoms with van der Waals surface area (Å²) in [6.07, 6.45) is 15.4. The number of carbonyl (C=O) groups is 1. The van der Waals surface area contributed by atoms with Gasteiger partial charge in [0.15, 0.2) is 0 Å². The number of aliphatic hydroxyl groups is 1. The molecular weight excluding hydrogens is 380 g/mol. The number of ketones is 1. The van der Waals surface area contributed by atoms with Gasteiger partial charge in [-0.25, -0.2) is 0 Å². The summed E-state index contributed by atoms with van der Waals surface area (Å²) in [7, 11) is 0. The van der Waals surface area contributed by atoms with Gasteiger partial charge in [-0.15, -0.1) is 0 Å². The second kappa shape index (κ2) is 7.44. The van der Waals surface area contributed by atoms with Crippen LogP contribution in [0.2, 0.25) is 0 Å². The molecule has 0 aromatic rings. The molecule has 2 nitrogen and oxygen atoms in total. The molecule has 5 rings (SSSR count). The quantitative estimate of drug-likeness (QED) is 0.483. The van der Waals surface area contributed by atoms with E-state index < -0.39 is 0 Å². The maximum absolute atomic E-state index is 13.0. The first kappa shape index (κ1) is 22.2. The molecule has 0 saturated heterocycles. The Hall–Kier alpha value is -0.630. The normalized spacial score (nSPS) is 46.2. The maximum Gasteiger partial charge on any atom is 0.136 e. The van der Waals surface area contributed by atoms with Gasteiger partial charge in [0, 0.05) is 17.8 Å². The first-order valence-corrected chi connectivity index (χ1v) is 13.6. The zero-order chi connectivity index (χ0) is 22.2. The van der Waals surface area contributed by atoms with E-state index >= 15 is 0 Å². The Morgan fingerprint density at radius 1 is 1.03 bits per heavy atom. The number of hydrogen-bond acceptors (Lipinski definition) is 2. The van der Waals surface area contributed by atoms with Gasteiger partial charge in [0.1, 0.15) is 5.78 Å². The van der Waals surface area contributed by atoms with Gasteiger partial charge in [-0.3, -0.25) is 4.79 Å². The fourth-order valence-electron chi connectivity index (χ4n) is 9.56. The predicted octanol–water partition coefficient (Wildman–Crippen LogP) is 6.96. The van der Waals surface area contributed by atoms with Crippen molar-refractivity contribution in [3.05, 3.63) is 11.6 Å². The van der Waals surface area contributed by atoms with Gasteiger partial charge in [-0.2, -0.15) is 0 Å². The third kappa shape index (κ3) is 3.17. The van der Waals surface area contributed by atoms with Crippen LogP contribution in [0.1, 0.15) is 105 Å². The van der Waals surface area contributed by atoms with Crippen molar-refractivity contribution in [1.82, 2.24) is 0 Å². The van der Waals surface area contributed by atoms with Crippen molar-refractivity contribution in [3.63, 3.8) is 0 Å². The Balaban J connectivity index is 1.37. The molecule has 1 spiro atoms. The monoisotopic (exact) mass is 426 g/mol. The molecule has 5 aliphatic carbocycles. The number of Topliss-reactive ketones (excluding diaryl/α,β-unsaturated/α-hetero) is 1. The molecule has 0 aromatic heterocycles. The lowest BCUT2D eigenvalue weighted by atomic mass is 9.45. The van der Waals surface area contributed by atoms with E-state index in [-0.39, 0.29) is 17.4 Å². The summed E-state index contributed by atoms with van der Waals surface area (Å²) in [5.74, 6) is 4.33. The summed E-state index contributed by atoms with van der Waals surface area (Å²) in [5, 5.41) is 10.8. The molecule has 0 aliphatic heterocycles. The van der Waals surface area contributed by atoms with Crippen molar-refractivity contribution < 1.29 is 9.90 Å². The van der Waals surface area contributed by atoms with Crippen LogP contribution in [-0.2, 0) is 4.79 Å². The van der Waals surface area contributed by atoms with Crippen LogP contribution in [0.3, 0.4) is 0 Å². The van der Waals surface area contributed by atoms with Crippen LogP contribution in [0.5, 0.6) is 0 Å².